The number of nitrogens with two attached hydrogens (primary N) is 1. The lowest BCUT2D eigenvalue weighted by atomic mass is 10.3. The molecule has 0 aliphatic rings. The van der Waals surface area contributed by atoms with E-state index in [4.69, 9.17) is 10.2 Å². The smallest absolute Gasteiger partial charge is 0.399 e. The van der Waals surface area contributed by atoms with Gasteiger partial charge in [-0.05, 0) is 18.2 Å². The third kappa shape index (κ3) is 1.69. The molecule has 0 aliphatic heterocycles. The van der Waals surface area contributed by atoms with Crippen LogP contribution < -0.4 is 5.73 Å². The first kappa shape index (κ1) is 11.2. The summed E-state index contributed by atoms with van der Waals surface area (Å²) in [5.74, 6) is -0.557. The Labute approximate surface area is 105 Å². The molecule has 0 bridgehead atoms. The molecule has 0 aromatic carbocycles. The molecular weight excluding hydrogens is 255 g/mol. The van der Waals surface area contributed by atoms with E-state index in [0.29, 0.717) is 5.65 Å². The van der Waals surface area contributed by atoms with Gasteiger partial charge < -0.3 is 10.2 Å². The van der Waals surface area contributed by atoms with Crippen molar-refractivity contribution in [1.29, 1.82) is 0 Å². The van der Waals surface area contributed by atoms with E-state index < -0.39 is 16.6 Å². The fourth-order valence-corrected chi connectivity index (χ4v) is 1.77. The monoisotopic (exact) mass is 262 g/mol. The van der Waals surface area contributed by atoms with E-state index in [0.717, 1.165) is 0 Å². The number of aromatic nitrogens is 2. The molecule has 0 fully saturated rings. The van der Waals surface area contributed by atoms with Crippen LogP contribution in [0.15, 0.2) is 34.9 Å². The van der Waals surface area contributed by atoms with E-state index >= 15 is 0 Å². The van der Waals surface area contributed by atoms with Gasteiger partial charge in [-0.2, -0.15) is 0 Å². The largest absolute Gasteiger partial charge is 0.433 e. The molecule has 0 aliphatic carbocycles. The summed E-state index contributed by atoms with van der Waals surface area (Å²) in [6.07, 6.45) is 1.18. The molecular formula is C11H7FN4O3. The highest BCUT2D eigenvalue weighted by molar-refractivity contribution is 5.72. The van der Waals surface area contributed by atoms with Crippen LogP contribution in [0.3, 0.4) is 0 Å². The summed E-state index contributed by atoms with van der Waals surface area (Å²) in [6, 6.07) is 5.30. The highest BCUT2D eigenvalue weighted by atomic mass is 19.1. The minimum atomic E-state index is -0.658. The zero-order valence-corrected chi connectivity index (χ0v) is 9.41. The molecule has 0 spiro atoms. The number of pyridine rings is 1. The van der Waals surface area contributed by atoms with Gasteiger partial charge >= 0.3 is 5.88 Å². The van der Waals surface area contributed by atoms with Gasteiger partial charge in [-0.25, -0.2) is 9.37 Å². The SMILES string of the molecule is Nc1c(-c2ccc([N+](=O)[O-])o2)nc2ccc(F)cn12. The van der Waals surface area contributed by atoms with Crippen molar-refractivity contribution in [1.82, 2.24) is 9.38 Å². The Bertz CT molecular complexity index is 792. The van der Waals surface area contributed by atoms with Crippen LogP contribution in [0.1, 0.15) is 0 Å². The second kappa shape index (κ2) is 3.80. The number of halogens is 1. The van der Waals surface area contributed by atoms with Crippen molar-refractivity contribution in [2.75, 3.05) is 5.73 Å². The lowest BCUT2D eigenvalue weighted by Crippen LogP contribution is -1.94. The van der Waals surface area contributed by atoms with Crippen LogP contribution >= 0.6 is 0 Å². The van der Waals surface area contributed by atoms with Crippen molar-refractivity contribution in [2.45, 2.75) is 0 Å². The Balaban J connectivity index is 2.19. The standard InChI is InChI=1S/C11H7FN4O3/c12-6-1-3-8-14-10(11(13)15(8)5-6)7-2-4-9(19-7)16(17)18/h1-5H,13H2. The van der Waals surface area contributed by atoms with E-state index in [9.17, 15) is 14.5 Å². The van der Waals surface area contributed by atoms with Gasteiger partial charge in [-0.1, -0.05) is 0 Å². The minimum absolute atomic E-state index is 0.152. The molecule has 19 heavy (non-hydrogen) atoms. The van der Waals surface area contributed by atoms with Crippen LogP contribution in [0.2, 0.25) is 0 Å². The number of fused-ring (bicyclic) bond motifs is 1. The van der Waals surface area contributed by atoms with Gasteiger partial charge in [0.15, 0.2) is 5.76 Å². The second-order valence-electron chi connectivity index (χ2n) is 3.82. The van der Waals surface area contributed by atoms with E-state index in [-0.39, 0.29) is 17.3 Å². The minimum Gasteiger partial charge on any atom is -0.399 e. The lowest BCUT2D eigenvalue weighted by molar-refractivity contribution is -0.401. The van der Waals surface area contributed by atoms with Gasteiger partial charge in [0.25, 0.3) is 0 Å². The highest BCUT2D eigenvalue weighted by Gasteiger charge is 2.18. The Hall–Kier alpha value is -2.90. The van der Waals surface area contributed by atoms with Crippen LogP contribution in [0, 0.1) is 15.9 Å². The Morgan fingerprint density at radius 3 is 2.84 bits per heavy atom. The topological polar surface area (TPSA) is 99.6 Å². The molecule has 7 nitrogen and oxygen atoms in total. The van der Waals surface area contributed by atoms with Crippen molar-refractivity contribution in [2.24, 2.45) is 0 Å². The van der Waals surface area contributed by atoms with Crippen LogP contribution in [-0.4, -0.2) is 14.3 Å². The maximum atomic E-state index is 13.1. The molecule has 96 valence electrons. The van der Waals surface area contributed by atoms with Crippen molar-refractivity contribution in [3.05, 3.63) is 46.4 Å². The number of nitrogens with zero attached hydrogens (tertiary/aromatic N) is 3. The summed E-state index contributed by atoms with van der Waals surface area (Å²) in [4.78, 5) is 14.0. The van der Waals surface area contributed by atoms with Crippen molar-refractivity contribution in [3.63, 3.8) is 0 Å². The number of anilines is 1. The van der Waals surface area contributed by atoms with E-state index in [2.05, 4.69) is 4.98 Å². The Kier molecular flexibility index (Phi) is 2.24. The third-order valence-electron chi connectivity index (χ3n) is 2.62. The van der Waals surface area contributed by atoms with Crippen molar-refractivity contribution in [3.8, 4) is 11.5 Å². The number of nitro groups is 1. The summed E-state index contributed by atoms with van der Waals surface area (Å²) in [5.41, 5.74) is 6.49. The molecule has 0 radical (unpaired) electrons. The summed E-state index contributed by atoms with van der Waals surface area (Å²) >= 11 is 0. The van der Waals surface area contributed by atoms with Gasteiger partial charge in [0.05, 0.1) is 6.07 Å². The van der Waals surface area contributed by atoms with E-state index in [1.807, 2.05) is 0 Å². The van der Waals surface area contributed by atoms with Crippen LogP contribution in [0.25, 0.3) is 17.1 Å². The molecule has 0 saturated heterocycles. The molecule has 2 N–H and O–H groups in total. The number of furan rings is 1. The highest BCUT2D eigenvalue weighted by Crippen LogP contribution is 2.30. The predicted molar refractivity (Wildman–Crippen MR) is 63.9 cm³/mol. The first-order valence-corrected chi connectivity index (χ1v) is 5.24. The van der Waals surface area contributed by atoms with E-state index in [1.165, 1.54) is 34.9 Å². The Morgan fingerprint density at radius 2 is 2.16 bits per heavy atom. The number of nitrogen functional groups attached to an aromatic ring is 1. The molecule has 3 aromatic heterocycles. The van der Waals surface area contributed by atoms with Gasteiger partial charge in [0.2, 0.25) is 0 Å². The third-order valence-corrected chi connectivity index (χ3v) is 2.62. The normalized spacial score (nSPS) is 11.0. The first-order chi connectivity index (χ1) is 9.06. The molecule has 0 atom stereocenters. The fraction of sp³-hybridized carbons (Fsp3) is 0. The molecule has 8 heteroatoms. The first-order valence-electron chi connectivity index (χ1n) is 5.24. The van der Waals surface area contributed by atoms with Gasteiger partial charge in [-0.15, -0.1) is 0 Å². The maximum absolute atomic E-state index is 13.1. The Morgan fingerprint density at radius 1 is 1.37 bits per heavy atom. The number of imidazole rings is 1. The molecule has 0 amide bonds. The van der Waals surface area contributed by atoms with Gasteiger partial charge in [-0.3, -0.25) is 14.5 Å². The molecule has 3 heterocycles. The number of hydrogen-bond donors (Lipinski definition) is 1. The number of hydrogen-bond acceptors (Lipinski definition) is 5. The summed E-state index contributed by atoms with van der Waals surface area (Å²) < 4.78 is 19.5. The summed E-state index contributed by atoms with van der Waals surface area (Å²) in [6.45, 7) is 0. The lowest BCUT2D eigenvalue weighted by Gasteiger charge is -1.96. The van der Waals surface area contributed by atoms with Gasteiger partial charge in [0, 0.05) is 6.20 Å². The predicted octanol–water partition coefficient (Wildman–Crippen LogP) is 2.22. The van der Waals surface area contributed by atoms with Crippen LogP contribution in [0.5, 0.6) is 0 Å². The van der Waals surface area contributed by atoms with E-state index in [1.54, 1.807) is 0 Å². The summed E-state index contributed by atoms with van der Waals surface area (Å²) in [7, 11) is 0. The molecule has 3 rings (SSSR count). The number of rotatable bonds is 2. The average molecular weight is 262 g/mol. The van der Waals surface area contributed by atoms with Crippen molar-refractivity contribution >= 4 is 17.3 Å². The zero-order valence-electron chi connectivity index (χ0n) is 9.41. The maximum Gasteiger partial charge on any atom is 0.433 e. The van der Waals surface area contributed by atoms with Crippen molar-refractivity contribution < 1.29 is 13.7 Å². The van der Waals surface area contributed by atoms with Crippen LogP contribution in [0.4, 0.5) is 16.1 Å². The second-order valence-corrected chi connectivity index (χ2v) is 3.82. The fourth-order valence-electron chi connectivity index (χ4n) is 1.77. The van der Waals surface area contributed by atoms with Gasteiger partial charge in [0.1, 0.15) is 27.9 Å². The zero-order chi connectivity index (χ0) is 13.6. The molecule has 0 unspecified atom stereocenters. The van der Waals surface area contributed by atoms with Crippen LogP contribution in [-0.2, 0) is 0 Å². The quantitative estimate of drug-likeness (QED) is 0.563. The molecule has 3 aromatic rings. The summed E-state index contributed by atoms with van der Waals surface area (Å²) in [5, 5.41) is 10.6. The average Bonchev–Trinajstić information content (AvgIpc) is 2.95. The molecule has 0 saturated carbocycles.